The zero-order valence-electron chi connectivity index (χ0n) is 21.7. The highest BCUT2D eigenvalue weighted by atomic mass is 35.5. The van der Waals surface area contributed by atoms with Crippen LogP contribution in [0.15, 0.2) is 30.6 Å². The van der Waals surface area contributed by atoms with E-state index in [1.165, 1.54) is 29.1 Å². The van der Waals surface area contributed by atoms with Crippen LogP contribution in [0, 0.1) is 5.82 Å². The predicted molar refractivity (Wildman–Crippen MR) is 140 cm³/mol. The number of rotatable bonds is 7. The molecule has 5 rings (SSSR count). The van der Waals surface area contributed by atoms with E-state index in [0.29, 0.717) is 47.4 Å². The molecule has 2 atom stereocenters. The number of ether oxygens (including phenoxy) is 1. The van der Waals surface area contributed by atoms with Crippen molar-refractivity contribution in [1.29, 1.82) is 0 Å². The molecule has 0 saturated carbocycles. The number of carbonyl (C=O) groups is 2. The van der Waals surface area contributed by atoms with Crippen LogP contribution in [0.25, 0.3) is 5.82 Å². The third-order valence-electron chi connectivity index (χ3n) is 6.89. The molecule has 0 radical (unpaired) electrons. The molecular weight excluding hydrogens is 609 g/mol. The van der Waals surface area contributed by atoms with Gasteiger partial charge >= 0.3 is 11.9 Å². The number of aliphatic hydroxyl groups is 3. The van der Waals surface area contributed by atoms with E-state index in [1.54, 1.807) is 6.20 Å². The number of hydrogen-bond acceptors (Lipinski definition) is 10. The Labute approximate surface area is 245 Å². The number of halogens is 4. The predicted octanol–water partition coefficient (Wildman–Crippen LogP) is 2.10. The molecule has 0 bridgehead atoms. The van der Waals surface area contributed by atoms with Crippen molar-refractivity contribution in [2.24, 2.45) is 0 Å². The number of alkyl halides is 2. The molecule has 1 saturated heterocycles. The number of nitrogens with zero attached hydrogens (tertiary/aromatic N) is 4. The van der Waals surface area contributed by atoms with Crippen molar-refractivity contribution >= 4 is 34.9 Å². The van der Waals surface area contributed by atoms with Crippen molar-refractivity contribution < 1.29 is 53.0 Å². The zero-order valence-corrected chi connectivity index (χ0v) is 23.2. The maximum Gasteiger partial charge on any atom is 0.335 e. The summed E-state index contributed by atoms with van der Waals surface area (Å²) in [5, 5.41) is 46.5. The van der Waals surface area contributed by atoms with Gasteiger partial charge in [-0.15, -0.1) is 11.3 Å². The Hall–Kier alpha value is -3.12. The van der Waals surface area contributed by atoms with Gasteiger partial charge in [-0.2, -0.15) is 13.9 Å². The number of thiophene rings is 1. The third kappa shape index (κ3) is 6.59. The molecule has 1 fully saturated rings. The van der Waals surface area contributed by atoms with Gasteiger partial charge in [0.15, 0.2) is 23.8 Å². The first-order chi connectivity index (χ1) is 19.8. The number of carboxylic acids is 2. The average Bonchev–Trinajstić information content (AvgIpc) is 3.56. The normalized spacial score (nSPS) is 18.9. The highest BCUT2D eigenvalue weighted by molar-refractivity contribution is 7.16. The van der Waals surface area contributed by atoms with Gasteiger partial charge in [-0.05, 0) is 31.0 Å². The van der Waals surface area contributed by atoms with Gasteiger partial charge in [0.2, 0.25) is 0 Å². The van der Waals surface area contributed by atoms with Crippen LogP contribution in [0.1, 0.15) is 34.5 Å². The largest absolute Gasteiger partial charge is 0.479 e. The van der Waals surface area contributed by atoms with Crippen molar-refractivity contribution in [2.45, 2.75) is 49.7 Å². The Morgan fingerprint density at radius 3 is 2.38 bits per heavy atom. The number of piperidine rings is 1. The molecule has 2 aliphatic heterocycles. The molecule has 228 valence electrons. The number of aliphatic hydroxyl groups excluding tert-OH is 3. The van der Waals surface area contributed by atoms with Gasteiger partial charge in [-0.25, -0.2) is 23.6 Å². The minimum absolute atomic E-state index is 0.0200. The lowest BCUT2D eigenvalue weighted by atomic mass is 9.84. The van der Waals surface area contributed by atoms with Crippen LogP contribution >= 0.6 is 22.9 Å². The number of hydrogen-bond donors (Lipinski definition) is 5. The van der Waals surface area contributed by atoms with E-state index in [1.807, 2.05) is 0 Å². The first kappa shape index (κ1) is 31.8. The van der Waals surface area contributed by atoms with Crippen LogP contribution in [0.5, 0.6) is 0 Å². The topological polar surface area (TPSA) is 178 Å². The van der Waals surface area contributed by atoms with Crippen LogP contribution in [0.3, 0.4) is 0 Å². The van der Waals surface area contributed by atoms with E-state index in [9.17, 15) is 27.9 Å². The van der Waals surface area contributed by atoms with Gasteiger partial charge in [-0.1, -0.05) is 11.6 Å². The van der Waals surface area contributed by atoms with Crippen LogP contribution in [0.2, 0.25) is 4.34 Å². The summed E-state index contributed by atoms with van der Waals surface area (Å²) in [5.74, 6) is -7.02. The number of aromatic nitrogens is 3. The third-order valence-corrected chi connectivity index (χ3v) is 8.33. The molecule has 0 unspecified atom stereocenters. The Morgan fingerprint density at radius 1 is 1.17 bits per heavy atom. The highest BCUT2D eigenvalue weighted by Gasteiger charge is 2.51. The summed E-state index contributed by atoms with van der Waals surface area (Å²) in [6.07, 6.45) is -0.304. The Kier molecular flexibility index (Phi) is 9.56. The molecule has 12 nitrogen and oxygen atoms in total. The summed E-state index contributed by atoms with van der Waals surface area (Å²) >= 11 is 7.23. The molecule has 3 aromatic heterocycles. The van der Waals surface area contributed by atoms with E-state index in [0.717, 1.165) is 16.9 Å². The summed E-state index contributed by atoms with van der Waals surface area (Å²) < 4.78 is 50.1. The standard InChI is InChI=1S/C21H20ClF3N4O2S.C4H6O6/c22-17-8-14-18(32-17)20(31-12-21(14,24)25)3-6-28(7-4-20)9-13-10-29(27-16(13)11-30)19-15(23)2-1-5-26-19;5-1(3(7)8)2(6)4(9)10/h1-2,5,8,10,30H,3-4,6-7,9,11-12H2;1-2,5-6H,(H,7,8)(H,9,10)/t;1-,2-/m.1/s1. The van der Waals surface area contributed by atoms with Gasteiger partial charge in [0, 0.05) is 48.0 Å². The fourth-order valence-corrected chi connectivity index (χ4v) is 6.14. The molecule has 1 spiro atoms. The van der Waals surface area contributed by atoms with E-state index in [4.69, 9.17) is 36.8 Å². The average molecular weight is 635 g/mol. The van der Waals surface area contributed by atoms with Crippen LogP contribution in [-0.2, 0) is 39.0 Å². The summed E-state index contributed by atoms with van der Waals surface area (Å²) in [4.78, 5) is 26.2. The van der Waals surface area contributed by atoms with E-state index < -0.39 is 48.1 Å². The molecule has 5 N–H and O–H groups in total. The van der Waals surface area contributed by atoms with Crippen molar-refractivity contribution in [2.75, 3.05) is 19.7 Å². The second-order valence-electron chi connectivity index (χ2n) is 9.64. The second kappa shape index (κ2) is 12.6. The van der Waals surface area contributed by atoms with Gasteiger partial charge in [-0.3, -0.25) is 4.90 Å². The molecule has 0 aliphatic carbocycles. The Balaban J connectivity index is 0.000000349. The van der Waals surface area contributed by atoms with E-state index in [2.05, 4.69) is 15.0 Å². The molecule has 42 heavy (non-hydrogen) atoms. The van der Waals surface area contributed by atoms with E-state index in [-0.39, 0.29) is 18.0 Å². The lowest BCUT2D eigenvalue weighted by Crippen LogP contribution is -2.48. The number of fused-ring (bicyclic) bond motifs is 2. The fraction of sp³-hybridized carbons (Fsp3) is 0.440. The van der Waals surface area contributed by atoms with Crippen LogP contribution in [0.4, 0.5) is 13.2 Å². The minimum atomic E-state index is -3.04. The summed E-state index contributed by atoms with van der Waals surface area (Å²) in [6, 6.07) is 4.15. The molecule has 17 heteroatoms. The first-order valence-electron chi connectivity index (χ1n) is 12.4. The molecule has 0 amide bonds. The molecular formula is C25H26ClF3N4O8S. The summed E-state index contributed by atoms with van der Waals surface area (Å²) in [5.41, 5.74) is 0.418. The van der Waals surface area contributed by atoms with Gasteiger partial charge in [0.25, 0.3) is 5.92 Å². The summed E-state index contributed by atoms with van der Waals surface area (Å²) in [7, 11) is 0. The minimum Gasteiger partial charge on any atom is -0.479 e. The van der Waals surface area contributed by atoms with Gasteiger partial charge in [0.05, 0.1) is 16.6 Å². The van der Waals surface area contributed by atoms with Crippen LogP contribution in [-0.4, -0.2) is 89.0 Å². The van der Waals surface area contributed by atoms with Gasteiger partial charge in [0.1, 0.15) is 12.2 Å². The molecule has 2 aliphatic rings. The maximum absolute atomic E-state index is 14.3. The van der Waals surface area contributed by atoms with Gasteiger partial charge < -0.3 is 30.3 Å². The lowest BCUT2D eigenvalue weighted by molar-refractivity contribution is -0.182. The maximum atomic E-state index is 14.3. The lowest BCUT2D eigenvalue weighted by Gasteiger charge is -2.45. The number of likely N-dealkylation sites (tertiary alicyclic amines) is 1. The number of aliphatic carboxylic acids is 2. The number of pyridine rings is 1. The Bertz CT molecular complexity index is 1430. The number of carboxylic acid groups (broad SMARTS) is 2. The molecule has 5 heterocycles. The second-order valence-corrected chi connectivity index (χ2v) is 11.3. The monoisotopic (exact) mass is 634 g/mol. The molecule has 0 aromatic carbocycles. The van der Waals surface area contributed by atoms with Crippen molar-refractivity contribution in [3.05, 3.63) is 62.4 Å². The Morgan fingerprint density at radius 2 is 1.81 bits per heavy atom. The smallest absolute Gasteiger partial charge is 0.335 e. The fourth-order valence-electron chi connectivity index (χ4n) is 4.66. The summed E-state index contributed by atoms with van der Waals surface area (Å²) in [6.45, 7) is 0.756. The quantitative estimate of drug-likeness (QED) is 0.257. The van der Waals surface area contributed by atoms with Crippen molar-refractivity contribution in [1.82, 2.24) is 19.7 Å². The van der Waals surface area contributed by atoms with Crippen molar-refractivity contribution in [3.8, 4) is 5.82 Å². The molecule has 3 aromatic rings. The zero-order chi connectivity index (χ0) is 30.8. The van der Waals surface area contributed by atoms with E-state index >= 15 is 0 Å². The van der Waals surface area contributed by atoms with Crippen LogP contribution < -0.4 is 0 Å². The highest BCUT2D eigenvalue weighted by Crippen LogP contribution is 2.52. The SMILES string of the molecule is O=C(O)[C@H](O)[C@@H](O)C(=O)O.OCc1nn(-c2ncccc2F)cc1CN1CCC2(CC1)OCC(F)(F)c1cc(Cl)sc12. The van der Waals surface area contributed by atoms with Crippen molar-refractivity contribution in [3.63, 3.8) is 0 Å². The first-order valence-corrected chi connectivity index (χ1v) is 13.6.